The second-order valence-corrected chi connectivity index (χ2v) is 5.84. The fraction of sp³-hybridized carbons (Fsp3) is 0.929. The molecule has 0 aromatic rings. The number of hydrogen-bond donors (Lipinski definition) is 2. The van der Waals surface area contributed by atoms with Crippen LogP contribution in [0.15, 0.2) is 5.16 Å². The number of rotatable bonds is 6. The molecule has 0 radical (unpaired) electrons. The molecule has 1 atom stereocenters. The van der Waals surface area contributed by atoms with Crippen LogP contribution in [0.1, 0.15) is 57.8 Å². The summed E-state index contributed by atoms with van der Waals surface area (Å²) in [6.45, 7) is 2.48. The molecule has 0 amide bonds. The van der Waals surface area contributed by atoms with Gasteiger partial charge in [0, 0.05) is 12.5 Å². The second kappa shape index (κ2) is 6.98. The molecule has 0 aromatic heterocycles. The second-order valence-electron chi connectivity index (χ2n) is 5.84. The van der Waals surface area contributed by atoms with E-state index in [9.17, 15) is 0 Å². The highest BCUT2D eigenvalue weighted by molar-refractivity contribution is 5.79. The number of oxime groups is 1. The Hall–Kier alpha value is -0.770. The van der Waals surface area contributed by atoms with Gasteiger partial charge in [0.25, 0.3) is 0 Å². The molecular weight excluding hydrogens is 226 g/mol. The molecule has 104 valence electrons. The quantitative estimate of drug-likeness (QED) is 0.251. The minimum Gasteiger partial charge on any atom is -0.409 e. The van der Waals surface area contributed by atoms with Crippen LogP contribution in [0.5, 0.6) is 0 Å². The highest BCUT2D eigenvalue weighted by atomic mass is 16.4. The van der Waals surface area contributed by atoms with Crippen LogP contribution in [0.3, 0.4) is 0 Å². The topological polar surface area (TPSA) is 61.8 Å². The standard InChI is InChI=1S/C14H27N3O/c15-14(16-18)9-3-4-10-17-11-5-8-13(17)12-6-1-2-7-12/h12-13,18H,1-11H2,(H2,15,16). The van der Waals surface area contributed by atoms with Gasteiger partial charge in [-0.25, -0.2) is 0 Å². The summed E-state index contributed by atoms with van der Waals surface area (Å²) in [5, 5.41) is 11.5. The van der Waals surface area contributed by atoms with Gasteiger partial charge in [-0.3, -0.25) is 0 Å². The summed E-state index contributed by atoms with van der Waals surface area (Å²) >= 11 is 0. The molecule has 0 aromatic carbocycles. The van der Waals surface area contributed by atoms with E-state index in [1.165, 1.54) is 58.0 Å². The number of hydrogen-bond acceptors (Lipinski definition) is 3. The molecule has 2 aliphatic rings. The zero-order chi connectivity index (χ0) is 12.8. The van der Waals surface area contributed by atoms with Crippen molar-refractivity contribution >= 4 is 5.84 Å². The summed E-state index contributed by atoms with van der Waals surface area (Å²) in [7, 11) is 0. The van der Waals surface area contributed by atoms with Gasteiger partial charge in [0.2, 0.25) is 0 Å². The molecule has 0 spiro atoms. The lowest BCUT2D eigenvalue weighted by atomic mass is 9.96. The van der Waals surface area contributed by atoms with Crippen molar-refractivity contribution in [1.29, 1.82) is 0 Å². The molecule has 1 aliphatic heterocycles. The Morgan fingerprint density at radius 1 is 1.17 bits per heavy atom. The van der Waals surface area contributed by atoms with Gasteiger partial charge in [0.15, 0.2) is 0 Å². The summed E-state index contributed by atoms with van der Waals surface area (Å²) in [5.74, 6) is 1.33. The van der Waals surface area contributed by atoms with Crippen LogP contribution in [0.2, 0.25) is 0 Å². The van der Waals surface area contributed by atoms with Gasteiger partial charge >= 0.3 is 0 Å². The zero-order valence-corrected chi connectivity index (χ0v) is 11.4. The fourth-order valence-corrected chi connectivity index (χ4v) is 3.68. The molecule has 3 N–H and O–H groups in total. The average molecular weight is 253 g/mol. The smallest absolute Gasteiger partial charge is 0.139 e. The van der Waals surface area contributed by atoms with Crippen LogP contribution in [0.4, 0.5) is 0 Å². The predicted molar refractivity (Wildman–Crippen MR) is 73.8 cm³/mol. The van der Waals surface area contributed by atoms with Gasteiger partial charge in [0.1, 0.15) is 5.84 Å². The molecule has 2 fully saturated rings. The number of likely N-dealkylation sites (tertiary alicyclic amines) is 1. The van der Waals surface area contributed by atoms with Crippen LogP contribution in [0, 0.1) is 5.92 Å². The molecule has 18 heavy (non-hydrogen) atoms. The van der Waals surface area contributed by atoms with Crippen molar-refractivity contribution in [2.45, 2.75) is 63.8 Å². The van der Waals surface area contributed by atoms with E-state index in [1.54, 1.807) is 0 Å². The van der Waals surface area contributed by atoms with E-state index in [4.69, 9.17) is 10.9 Å². The SMILES string of the molecule is NC(CCCCN1CCCC1C1CCCC1)=NO. The lowest BCUT2D eigenvalue weighted by molar-refractivity contribution is 0.188. The third-order valence-corrected chi connectivity index (χ3v) is 4.61. The maximum Gasteiger partial charge on any atom is 0.139 e. The molecule has 1 saturated carbocycles. The van der Waals surface area contributed by atoms with E-state index >= 15 is 0 Å². The number of unbranched alkanes of at least 4 members (excludes halogenated alkanes) is 1. The van der Waals surface area contributed by atoms with E-state index in [1.807, 2.05) is 0 Å². The Kier molecular flexibility index (Phi) is 5.29. The number of nitrogens with two attached hydrogens (primary N) is 1. The van der Waals surface area contributed by atoms with E-state index < -0.39 is 0 Å². The third kappa shape index (κ3) is 3.61. The van der Waals surface area contributed by atoms with Crippen molar-refractivity contribution < 1.29 is 5.21 Å². The Morgan fingerprint density at radius 2 is 1.94 bits per heavy atom. The van der Waals surface area contributed by atoms with E-state index in [2.05, 4.69) is 10.1 Å². The average Bonchev–Trinajstić information content (AvgIpc) is 3.04. The Morgan fingerprint density at radius 3 is 2.67 bits per heavy atom. The zero-order valence-electron chi connectivity index (χ0n) is 11.4. The lowest BCUT2D eigenvalue weighted by Gasteiger charge is -2.29. The highest BCUT2D eigenvalue weighted by Crippen LogP contribution is 2.35. The molecule has 1 unspecified atom stereocenters. The molecule has 4 nitrogen and oxygen atoms in total. The summed E-state index contributed by atoms with van der Waals surface area (Å²) in [6.07, 6.45) is 11.5. The van der Waals surface area contributed by atoms with Crippen LogP contribution >= 0.6 is 0 Å². The first-order valence-corrected chi connectivity index (χ1v) is 7.51. The lowest BCUT2D eigenvalue weighted by Crippen LogP contribution is -2.35. The third-order valence-electron chi connectivity index (χ3n) is 4.61. The largest absolute Gasteiger partial charge is 0.409 e. The van der Waals surface area contributed by atoms with Crippen LogP contribution in [0.25, 0.3) is 0 Å². The highest BCUT2D eigenvalue weighted by Gasteiger charge is 2.32. The monoisotopic (exact) mass is 253 g/mol. The molecule has 0 bridgehead atoms. The van der Waals surface area contributed by atoms with Gasteiger partial charge in [-0.1, -0.05) is 18.0 Å². The van der Waals surface area contributed by atoms with E-state index in [-0.39, 0.29) is 0 Å². The molecule has 1 heterocycles. The van der Waals surface area contributed by atoms with Crippen LogP contribution in [-0.2, 0) is 0 Å². The Labute approximate surface area is 110 Å². The first kappa shape index (κ1) is 13.7. The first-order chi connectivity index (χ1) is 8.81. The maximum absolute atomic E-state index is 8.48. The van der Waals surface area contributed by atoms with Crippen molar-refractivity contribution in [3.63, 3.8) is 0 Å². The summed E-state index contributed by atoms with van der Waals surface area (Å²) in [6, 6.07) is 0.858. The van der Waals surface area contributed by atoms with Gasteiger partial charge in [-0.05, 0) is 57.5 Å². The minimum atomic E-state index is 0.365. The van der Waals surface area contributed by atoms with Crippen LogP contribution in [-0.4, -0.2) is 35.1 Å². The molecule has 2 rings (SSSR count). The van der Waals surface area contributed by atoms with Crippen molar-refractivity contribution in [2.75, 3.05) is 13.1 Å². The fourth-order valence-electron chi connectivity index (χ4n) is 3.68. The van der Waals surface area contributed by atoms with Crippen LogP contribution < -0.4 is 5.73 Å². The normalized spacial score (nSPS) is 27.1. The minimum absolute atomic E-state index is 0.365. The molecule has 1 saturated heterocycles. The molecule has 1 aliphatic carbocycles. The first-order valence-electron chi connectivity index (χ1n) is 7.51. The van der Waals surface area contributed by atoms with Crippen molar-refractivity contribution in [1.82, 2.24) is 4.90 Å². The Bertz CT molecular complexity index is 274. The maximum atomic E-state index is 8.48. The predicted octanol–water partition coefficient (Wildman–Crippen LogP) is 2.56. The molecular formula is C14H27N3O. The van der Waals surface area contributed by atoms with Crippen molar-refractivity contribution in [2.24, 2.45) is 16.8 Å². The number of nitrogens with zero attached hydrogens (tertiary/aromatic N) is 2. The molecule has 4 heteroatoms. The van der Waals surface area contributed by atoms with E-state index in [0.717, 1.165) is 24.8 Å². The summed E-state index contributed by atoms with van der Waals surface area (Å²) in [5.41, 5.74) is 5.48. The van der Waals surface area contributed by atoms with Gasteiger partial charge in [-0.2, -0.15) is 0 Å². The van der Waals surface area contributed by atoms with Crippen molar-refractivity contribution in [3.05, 3.63) is 0 Å². The van der Waals surface area contributed by atoms with Gasteiger partial charge in [-0.15, -0.1) is 0 Å². The van der Waals surface area contributed by atoms with Gasteiger partial charge in [0.05, 0.1) is 0 Å². The van der Waals surface area contributed by atoms with Crippen molar-refractivity contribution in [3.8, 4) is 0 Å². The Balaban J connectivity index is 1.68. The van der Waals surface area contributed by atoms with Gasteiger partial charge < -0.3 is 15.8 Å². The van der Waals surface area contributed by atoms with E-state index in [0.29, 0.717) is 5.84 Å². The number of amidine groups is 1. The summed E-state index contributed by atoms with van der Waals surface area (Å²) in [4.78, 5) is 2.70. The summed E-state index contributed by atoms with van der Waals surface area (Å²) < 4.78 is 0.